The van der Waals surface area contributed by atoms with E-state index < -0.39 is 6.10 Å². The van der Waals surface area contributed by atoms with Crippen LogP contribution in [0.5, 0.6) is 5.75 Å². The SMILES string of the molecule is CCC1Oc2ccc(C(=O)CCNC)cc2N(C)C1=O. The van der Waals surface area contributed by atoms with Gasteiger partial charge in [0, 0.05) is 25.6 Å². The largest absolute Gasteiger partial charge is 0.478 e. The van der Waals surface area contributed by atoms with E-state index in [2.05, 4.69) is 5.32 Å². The van der Waals surface area contributed by atoms with Crippen molar-refractivity contribution in [3.05, 3.63) is 23.8 Å². The first-order chi connectivity index (χ1) is 9.58. The number of anilines is 1. The molecule has 0 saturated heterocycles. The van der Waals surface area contributed by atoms with Gasteiger partial charge in [0.15, 0.2) is 11.9 Å². The standard InChI is InChI=1S/C15H20N2O3/c1-4-13-15(19)17(3)11-9-10(5-6-14(11)20-13)12(18)7-8-16-2/h5-6,9,13,16H,4,7-8H2,1-3H3. The van der Waals surface area contributed by atoms with Crippen molar-refractivity contribution >= 4 is 17.4 Å². The molecule has 1 N–H and O–H groups in total. The third-order valence-corrected chi connectivity index (χ3v) is 3.49. The van der Waals surface area contributed by atoms with Crippen LogP contribution in [-0.4, -0.2) is 38.4 Å². The minimum atomic E-state index is -0.432. The normalized spacial score (nSPS) is 17.6. The van der Waals surface area contributed by atoms with Crippen molar-refractivity contribution in [1.82, 2.24) is 5.32 Å². The summed E-state index contributed by atoms with van der Waals surface area (Å²) in [5.41, 5.74) is 1.27. The van der Waals surface area contributed by atoms with Crippen LogP contribution < -0.4 is 15.0 Å². The maximum absolute atomic E-state index is 12.1. The van der Waals surface area contributed by atoms with Gasteiger partial charge < -0.3 is 15.0 Å². The molecule has 1 aromatic carbocycles. The summed E-state index contributed by atoms with van der Waals surface area (Å²) in [5, 5.41) is 2.95. The summed E-state index contributed by atoms with van der Waals surface area (Å²) in [6.07, 6.45) is 0.634. The van der Waals surface area contributed by atoms with Gasteiger partial charge in [-0.1, -0.05) is 6.92 Å². The maximum atomic E-state index is 12.1. The molecule has 108 valence electrons. The van der Waals surface area contributed by atoms with Crippen molar-refractivity contribution in [2.45, 2.75) is 25.9 Å². The molecule has 5 nitrogen and oxygen atoms in total. The van der Waals surface area contributed by atoms with E-state index in [-0.39, 0.29) is 11.7 Å². The number of hydrogen-bond donors (Lipinski definition) is 1. The third-order valence-electron chi connectivity index (χ3n) is 3.49. The van der Waals surface area contributed by atoms with Crippen molar-refractivity contribution in [2.75, 3.05) is 25.5 Å². The number of ether oxygens (including phenoxy) is 1. The number of Topliss-reactive ketones (excluding diaryl/α,β-unsaturated/α-hetero) is 1. The Bertz CT molecular complexity index is 528. The minimum absolute atomic E-state index is 0.0561. The van der Waals surface area contributed by atoms with Gasteiger partial charge in [0.25, 0.3) is 5.91 Å². The molecule has 1 aliphatic rings. The third kappa shape index (κ3) is 2.67. The van der Waals surface area contributed by atoms with Crippen LogP contribution in [0, 0.1) is 0 Å². The highest BCUT2D eigenvalue weighted by molar-refractivity contribution is 6.02. The number of carbonyl (C=O) groups excluding carboxylic acids is 2. The van der Waals surface area contributed by atoms with Gasteiger partial charge in [0.2, 0.25) is 0 Å². The van der Waals surface area contributed by atoms with Crippen LogP contribution in [0.15, 0.2) is 18.2 Å². The van der Waals surface area contributed by atoms with E-state index in [1.165, 1.54) is 0 Å². The average molecular weight is 276 g/mol. The van der Waals surface area contributed by atoms with Crippen LogP contribution in [0.3, 0.4) is 0 Å². The Hall–Kier alpha value is -1.88. The second-order valence-electron chi connectivity index (χ2n) is 4.87. The van der Waals surface area contributed by atoms with E-state index in [1.54, 1.807) is 30.1 Å². The Morgan fingerprint density at radius 3 is 2.85 bits per heavy atom. The van der Waals surface area contributed by atoms with Crippen molar-refractivity contribution < 1.29 is 14.3 Å². The average Bonchev–Trinajstić information content (AvgIpc) is 2.48. The smallest absolute Gasteiger partial charge is 0.267 e. The van der Waals surface area contributed by atoms with Crippen LogP contribution in [0.4, 0.5) is 5.69 Å². The molecule has 0 bridgehead atoms. The maximum Gasteiger partial charge on any atom is 0.267 e. The van der Waals surface area contributed by atoms with E-state index in [0.717, 1.165) is 0 Å². The fourth-order valence-corrected chi connectivity index (χ4v) is 2.23. The number of fused-ring (bicyclic) bond motifs is 1. The van der Waals surface area contributed by atoms with Gasteiger partial charge in [0.1, 0.15) is 5.75 Å². The second-order valence-corrected chi connectivity index (χ2v) is 4.87. The predicted octanol–water partition coefficient (Wildman–Crippen LogP) is 1.61. The zero-order valence-electron chi connectivity index (χ0n) is 12.1. The second kappa shape index (κ2) is 6.05. The van der Waals surface area contributed by atoms with Gasteiger partial charge in [-0.2, -0.15) is 0 Å². The summed E-state index contributed by atoms with van der Waals surface area (Å²) in [4.78, 5) is 25.7. The quantitative estimate of drug-likeness (QED) is 0.830. The fraction of sp³-hybridized carbons (Fsp3) is 0.467. The predicted molar refractivity (Wildman–Crippen MR) is 77.4 cm³/mol. The number of nitrogens with one attached hydrogen (secondary N) is 1. The highest BCUT2D eigenvalue weighted by Crippen LogP contribution is 2.34. The lowest BCUT2D eigenvalue weighted by Gasteiger charge is -2.31. The van der Waals surface area contributed by atoms with Gasteiger partial charge in [-0.05, 0) is 31.7 Å². The number of ketones is 1. The van der Waals surface area contributed by atoms with E-state index in [1.807, 2.05) is 14.0 Å². The van der Waals surface area contributed by atoms with E-state index in [4.69, 9.17) is 4.74 Å². The molecule has 1 aromatic rings. The lowest BCUT2D eigenvalue weighted by Crippen LogP contribution is -2.43. The molecule has 0 spiro atoms. The monoisotopic (exact) mass is 276 g/mol. The van der Waals surface area contributed by atoms with E-state index >= 15 is 0 Å². The highest BCUT2D eigenvalue weighted by atomic mass is 16.5. The Kier molecular flexibility index (Phi) is 4.39. The molecule has 1 heterocycles. The van der Waals surface area contributed by atoms with Crippen LogP contribution in [-0.2, 0) is 4.79 Å². The Balaban J connectivity index is 2.28. The summed E-state index contributed by atoms with van der Waals surface area (Å²) in [6.45, 7) is 2.55. The zero-order chi connectivity index (χ0) is 14.7. The number of likely N-dealkylation sites (N-methyl/N-ethyl adjacent to an activating group) is 1. The molecule has 0 radical (unpaired) electrons. The molecule has 0 aromatic heterocycles. The minimum Gasteiger partial charge on any atom is -0.478 e. The Labute approximate surface area is 118 Å². The molecule has 2 rings (SSSR count). The first-order valence-electron chi connectivity index (χ1n) is 6.84. The number of amides is 1. The number of rotatable bonds is 5. The van der Waals surface area contributed by atoms with E-state index in [9.17, 15) is 9.59 Å². The van der Waals surface area contributed by atoms with Gasteiger partial charge in [-0.3, -0.25) is 9.59 Å². The molecule has 1 atom stereocenters. The summed E-state index contributed by atoms with van der Waals surface area (Å²) < 4.78 is 5.66. The first kappa shape index (κ1) is 14.5. The molecular weight excluding hydrogens is 256 g/mol. The highest BCUT2D eigenvalue weighted by Gasteiger charge is 2.31. The van der Waals surface area contributed by atoms with E-state index in [0.29, 0.717) is 36.4 Å². The lowest BCUT2D eigenvalue weighted by atomic mass is 10.0. The molecule has 1 amide bonds. The topological polar surface area (TPSA) is 58.6 Å². The Morgan fingerprint density at radius 1 is 1.45 bits per heavy atom. The zero-order valence-corrected chi connectivity index (χ0v) is 12.1. The number of hydrogen-bond acceptors (Lipinski definition) is 4. The number of benzene rings is 1. The summed E-state index contributed by atoms with van der Waals surface area (Å²) in [7, 11) is 3.53. The molecule has 0 aliphatic carbocycles. The number of carbonyl (C=O) groups is 2. The number of nitrogens with zero attached hydrogens (tertiary/aromatic N) is 1. The van der Waals surface area contributed by atoms with Crippen molar-refractivity contribution in [3.8, 4) is 5.75 Å². The summed E-state index contributed by atoms with van der Waals surface area (Å²) in [5.74, 6) is 0.643. The summed E-state index contributed by atoms with van der Waals surface area (Å²) in [6, 6.07) is 5.26. The van der Waals surface area contributed by atoms with Crippen LogP contribution in [0.1, 0.15) is 30.1 Å². The Morgan fingerprint density at radius 2 is 2.20 bits per heavy atom. The molecule has 5 heteroatoms. The van der Waals surface area contributed by atoms with Gasteiger partial charge in [0.05, 0.1) is 5.69 Å². The van der Waals surface area contributed by atoms with Gasteiger partial charge >= 0.3 is 0 Å². The molecule has 0 saturated carbocycles. The molecule has 1 unspecified atom stereocenters. The first-order valence-corrected chi connectivity index (χ1v) is 6.84. The molecule has 20 heavy (non-hydrogen) atoms. The van der Waals surface area contributed by atoms with Crippen LogP contribution >= 0.6 is 0 Å². The fourth-order valence-electron chi connectivity index (χ4n) is 2.23. The van der Waals surface area contributed by atoms with Crippen molar-refractivity contribution in [1.29, 1.82) is 0 Å². The van der Waals surface area contributed by atoms with Gasteiger partial charge in [-0.15, -0.1) is 0 Å². The van der Waals surface area contributed by atoms with Crippen LogP contribution in [0.2, 0.25) is 0 Å². The lowest BCUT2D eigenvalue weighted by molar-refractivity contribution is -0.126. The summed E-state index contributed by atoms with van der Waals surface area (Å²) >= 11 is 0. The van der Waals surface area contributed by atoms with Crippen molar-refractivity contribution in [2.24, 2.45) is 0 Å². The van der Waals surface area contributed by atoms with Crippen molar-refractivity contribution in [3.63, 3.8) is 0 Å². The van der Waals surface area contributed by atoms with Gasteiger partial charge in [-0.25, -0.2) is 0 Å². The molecular formula is C15H20N2O3. The van der Waals surface area contributed by atoms with Crippen LogP contribution in [0.25, 0.3) is 0 Å². The molecule has 1 aliphatic heterocycles. The molecule has 0 fully saturated rings.